The first kappa shape index (κ1) is 15.4. The quantitative estimate of drug-likeness (QED) is 0.696. The summed E-state index contributed by atoms with van der Waals surface area (Å²) in [5.41, 5.74) is 5.13. The summed E-state index contributed by atoms with van der Waals surface area (Å²) < 4.78 is 0. The number of rotatable bonds is 5. The Labute approximate surface area is 110 Å². The number of nitrogens with two attached hydrogens (primary N) is 1. The number of carbonyl (C=O) groups excluding carboxylic acids is 1. The topological polar surface area (TPSA) is 75.4 Å². The third-order valence-corrected chi connectivity index (χ3v) is 4.22. The SMILES string of the molecule is CC[C@H](C)[C@H](N)C(=O)NCC1(O)CCCC(C)C1. The van der Waals surface area contributed by atoms with Gasteiger partial charge in [0.05, 0.1) is 11.6 Å². The highest BCUT2D eigenvalue weighted by molar-refractivity contribution is 5.81. The molecule has 1 rings (SSSR count). The van der Waals surface area contributed by atoms with Gasteiger partial charge in [0.25, 0.3) is 0 Å². The third kappa shape index (κ3) is 4.25. The Kier molecular flexibility index (Phi) is 5.60. The molecule has 0 saturated heterocycles. The van der Waals surface area contributed by atoms with Gasteiger partial charge in [-0.25, -0.2) is 0 Å². The molecule has 1 amide bonds. The van der Waals surface area contributed by atoms with Gasteiger partial charge in [-0.1, -0.05) is 40.0 Å². The maximum absolute atomic E-state index is 11.9. The van der Waals surface area contributed by atoms with Crippen molar-refractivity contribution in [1.29, 1.82) is 0 Å². The summed E-state index contributed by atoms with van der Waals surface area (Å²) in [7, 11) is 0. The van der Waals surface area contributed by atoms with Crippen LogP contribution in [0.4, 0.5) is 0 Å². The first-order chi connectivity index (χ1) is 8.38. The summed E-state index contributed by atoms with van der Waals surface area (Å²) >= 11 is 0. The summed E-state index contributed by atoms with van der Waals surface area (Å²) in [5.74, 6) is 0.560. The van der Waals surface area contributed by atoms with Crippen molar-refractivity contribution >= 4 is 5.91 Å². The molecule has 1 aliphatic rings. The van der Waals surface area contributed by atoms with Gasteiger partial charge in [-0.2, -0.15) is 0 Å². The molecule has 1 aliphatic carbocycles. The van der Waals surface area contributed by atoms with Crippen molar-refractivity contribution in [2.45, 2.75) is 64.5 Å². The van der Waals surface area contributed by atoms with E-state index in [4.69, 9.17) is 5.73 Å². The summed E-state index contributed by atoms with van der Waals surface area (Å²) in [6.07, 6.45) is 4.63. The highest BCUT2D eigenvalue weighted by atomic mass is 16.3. The van der Waals surface area contributed by atoms with Crippen LogP contribution in [0.1, 0.15) is 52.9 Å². The smallest absolute Gasteiger partial charge is 0.237 e. The molecule has 106 valence electrons. The molecule has 0 aromatic rings. The molecular formula is C14H28N2O2. The lowest BCUT2D eigenvalue weighted by molar-refractivity contribution is -0.125. The number of hydrogen-bond acceptors (Lipinski definition) is 3. The molecule has 0 radical (unpaired) electrons. The molecule has 0 aromatic heterocycles. The van der Waals surface area contributed by atoms with Gasteiger partial charge in [0, 0.05) is 6.54 Å². The van der Waals surface area contributed by atoms with E-state index in [2.05, 4.69) is 12.2 Å². The second kappa shape index (κ2) is 6.53. The molecule has 18 heavy (non-hydrogen) atoms. The van der Waals surface area contributed by atoms with Crippen LogP contribution in [-0.2, 0) is 4.79 Å². The Morgan fingerprint density at radius 2 is 2.28 bits per heavy atom. The van der Waals surface area contributed by atoms with Gasteiger partial charge in [0.1, 0.15) is 0 Å². The maximum atomic E-state index is 11.9. The zero-order valence-electron chi connectivity index (χ0n) is 11.9. The summed E-state index contributed by atoms with van der Waals surface area (Å²) in [5, 5.41) is 13.2. The lowest BCUT2D eigenvalue weighted by atomic mass is 9.79. The van der Waals surface area contributed by atoms with Crippen molar-refractivity contribution in [2.24, 2.45) is 17.6 Å². The number of carbonyl (C=O) groups is 1. The minimum atomic E-state index is -0.734. The fourth-order valence-corrected chi connectivity index (χ4v) is 2.67. The van der Waals surface area contributed by atoms with Gasteiger partial charge in [0.2, 0.25) is 5.91 Å². The van der Waals surface area contributed by atoms with Crippen LogP contribution >= 0.6 is 0 Å². The molecule has 4 atom stereocenters. The van der Waals surface area contributed by atoms with Crippen molar-refractivity contribution < 1.29 is 9.90 Å². The summed E-state index contributed by atoms with van der Waals surface area (Å²) in [4.78, 5) is 11.9. The van der Waals surface area contributed by atoms with Crippen LogP contribution in [0.5, 0.6) is 0 Å². The van der Waals surface area contributed by atoms with Crippen LogP contribution < -0.4 is 11.1 Å². The van der Waals surface area contributed by atoms with E-state index in [9.17, 15) is 9.90 Å². The molecule has 4 nitrogen and oxygen atoms in total. The first-order valence-electron chi connectivity index (χ1n) is 7.13. The maximum Gasteiger partial charge on any atom is 0.237 e. The number of nitrogens with one attached hydrogen (secondary N) is 1. The average molecular weight is 256 g/mol. The minimum Gasteiger partial charge on any atom is -0.388 e. The van der Waals surface area contributed by atoms with E-state index in [0.717, 1.165) is 25.7 Å². The Morgan fingerprint density at radius 1 is 1.61 bits per heavy atom. The van der Waals surface area contributed by atoms with E-state index in [-0.39, 0.29) is 11.8 Å². The van der Waals surface area contributed by atoms with Crippen molar-refractivity contribution in [2.75, 3.05) is 6.54 Å². The van der Waals surface area contributed by atoms with Crippen molar-refractivity contribution in [3.05, 3.63) is 0 Å². The summed E-state index contributed by atoms with van der Waals surface area (Å²) in [6, 6.07) is -0.473. The molecular weight excluding hydrogens is 228 g/mol. The van der Waals surface area contributed by atoms with Gasteiger partial charge in [-0.3, -0.25) is 4.79 Å². The van der Waals surface area contributed by atoms with Crippen molar-refractivity contribution in [3.63, 3.8) is 0 Å². The highest BCUT2D eigenvalue weighted by Crippen LogP contribution is 2.31. The Hall–Kier alpha value is -0.610. The molecule has 4 heteroatoms. The normalized spacial score (nSPS) is 31.7. The van der Waals surface area contributed by atoms with Gasteiger partial charge < -0.3 is 16.2 Å². The largest absolute Gasteiger partial charge is 0.388 e. The molecule has 2 unspecified atom stereocenters. The van der Waals surface area contributed by atoms with Crippen LogP contribution in [0.3, 0.4) is 0 Å². The molecule has 0 heterocycles. The second-order valence-electron chi connectivity index (χ2n) is 6.05. The van der Waals surface area contributed by atoms with E-state index < -0.39 is 11.6 Å². The van der Waals surface area contributed by atoms with Gasteiger partial charge in [0.15, 0.2) is 0 Å². The van der Waals surface area contributed by atoms with E-state index in [0.29, 0.717) is 12.5 Å². The predicted molar refractivity (Wildman–Crippen MR) is 73.0 cm³/mol. The molecule has 4 N–H and O–H groups in total. The number of aliphatic hydroxyl groups is 1. The Balaban J connectivity index is 2.42. The van der Waals surface area contributed by atoms with Crippen molar-refractivity contribution in [3.8, 4) is 0 Å². The monoisotopic (exact) mass is 256 g/mol. The first-order valence-corrected chi connectivity index (χ1v) is 7.13. The fraction of sp³-hybridized carbons (Fsp3) is 0.929. The zero-order chi connectivity index (χ0) is 13.8. The number of hydrogen-bond donors (Lipinski definition) is 3. The summed E-state index contributed by atoms with van der Waals surface area (Å²) in [6.45, 7) is 6.48. The lowest BCUT2D eigenvalue weighted by Gasteiger charge is -2.36. The molecule has 1 fully saturated rings. The molecule has 0 bridgehead atoms. The molecule has 0 spiro atoms. The van der Waals surface area contributed by atoms with Crippen LogP contribution in [0.15, 0.2) is 0 Å². The second-order valence-corrected chi connectivity index (χ2v) is 6.05. The van der Waals surface area contributed by atoms with Crippen LogP contribution in [0, 0.1) is 11.8 Å². The fourth-order valence-electron chi connectivity index (χ4n) is 2.67. The van der Waals surface area contributed by atoms with Crippen molar-refractivity contribution in [1.82, 2.24) is 5.32 Å². The van der Waals surface area contributed by atoms with Crippen LogP contribution in [0.25, 0.3) is 0 Å². The molecule has 0 aliphatic heterocycles. The standard InChI is InChI=1S/C14H28N2O2/c1-4-11(3)12(15)13(17)16-9-14(18)7-5-6-10(2)8-14/h10-12,18H,4-9,15H2,1-3H3,(H,16,17)/t10?,11-,12-,14?/m0/s1. The van der Waals surface area contributed by atoms with E-state index in [1.54, 1.807) is 0 Å². The van der Waals surface area contributed by atoms with E-state index >= 15 is 0 Å². The highest BCUT2D eigenvalue weighted by Gasteiger charge is 2.33. The molecule has 0 aromatic carbocycles. The lowest BCUT2D eigenvalue weighted by Crippen LogP contribution is -2.51. The number of amides is 1. The Morgan fingerprint density at radius 3 is 2.83 bits per heavy atom. The molecule has 1 saturated carbocycles. The van der Waals surface area contributed by atoms with Crippen LogP contribution in [0.2, 0.25) is 0 Å². The van der Waals surface area contributed by atoms with Gasteiger partial charge >= 0.3 is 0 Å². The predicted octanol–water partition coefficient (Wildman–Crippen LogP) is 1.42. The van der Waals surface area contributed by atoms with Gasteiger partial charge in [-0.15, -0.1) is 0 Å². The third-order valence-electron chi connectivity index (χ3n) is 4.22. The average Bonchev–Trinajstić information content (AvgIpc) is 2.34. The van der Waals surface area contributed by atoms with E-state index in [1.165, 1.54) is 6.42 Å². The van der Waals surface area contributed by atoms with Gasteiger partial charge in [-0.05, 0) is 24.7 Å². The Bertz CT molecular complexity index is 283. The van der Waals surface area contributed by atoms with E-state index in [1.807, 2.05) is 13.8 Å². The zero-order valence-corrected chi connectivity index (χ0v) is 11.9. The minimum absolute atomic E-state index is 0.143. The van der Waals surface area contributed by atoms with Crippen LogP contribution in [-0.4, -0.2) is 29.2 Å².